The van der Waals surface area contributed by atoms with Crippen molar-refractivity contribution in [1.29, 1.82) is 0 Å². The molecular formula is C16H16F2O2. The molecule has 2 aromatic rings. The molecule has 20 heavy (non-hydrogen) atoms. The number of hydrogen-bond donors (Lipinski definition) is 1. The third kappa shape index (κ3) is 2.96. The van der Waals surface area contributed by atoms with Crippen molar-refractivity contribution in [3.05, 3.63) is 65.2 Å². The Balaban J connectivity index is 2.32. The van der Waals surface area contributed by atoms with Crippen molar-refractivity contribution in [1.82, 2.24) is 0 Å². The Morgan fingerprint density at radius 2 is 1.85 bits per heavy atom. The third-order valence-electron chi connectivity index (χ3n) is 3.21. The van der Waals surface area contributed by atoms with Gasteiger partial charge in [0.2, 0.25) is 0 Å². The highest BCUT2D eigenvalue weighted by Crippen LogP contribution is 2.29. The summed E-state index contributed by atoms with van der Waals surface area (Å²) in [6.45, 7) is 1.46. The zero-order valence-electron chi connectivity index (χ0n) is 11.4. The Hall–Kier alpha value is -1.94. The normalized spacial score (nSPS) is 13.8. The lowest BCUT2D eigenvalue weighted by Crippen LogP contribution is -2.26. The molecule has 0 radical (unpaired) electrons. The molecule has 0 aliphatic heterocycles. The Morgan fingerprint density at radius 1 is 1.15 bits per heavy atom. The van der Waals surface area contributed by atoms with E-state index in [1.54, 1.807) is 31.4 Å². The highest BCUT2D eigenvalue weighted by atomic mass is 19.2. The summed E-state index contributed by atoms with van der Waals surface area (Å²) in [4.78, 5) is 0. The van der Waals surface area contributed by atoms with Gasteiger partial charge in [0.05, 0.1) is 12.7 Å². The Bertz CT molecular complexity index is 609. The SMILES string of the molecule is COc1cccc(CC(C)(O)c2cccc(F)c2F)c1. The molecule has 1 N–H and O–H groups in total. The summed E-state index contributed by atoms with van der Waals surface area (Å²) in [6.07, 6.45) is 0.157. The standard InChI is InChI=1S/C16H16F2O2/c1-16(19,13-7-4-8-14(17)15(13)18)10-11-5-3-6-12(9-11)20-2/h3-9,19H,10H2,1-2H3. The number of aliphatic hydroxyl groups is 1. The predicted molar refractivity (Wildman–Crippen MR) is 72.6 cm³/mol. The number of benzene rings is 2. The first-order chi connectivity index (χ1) is 9.44. The molecule has 0 aliphatic carbocycles. The van der Waals surface area contributed by atoms with Crippen LogP contribution >= 0.6 is 0 Å². The molecular weight excluding hydrogens is 262 g/mol. The van der Waals surface area contributed by atoms with E-state index in [2.05, 4.69) is 0 Å². The fourth-order valence-corrected chi connectivity index (χ4v) is 2.19. The third-order valence-corrected chi connectivity index (χ3v) is 3.21. The molecule has 1 atom stereocenters. The molecule has 106 valence electrons. The van der Waals surface area contributed by atoms with E-state index in [0.717, 1.165) is 11.6 Å². The summed E-state index contributed by atoms with van der Waals surface area (Å²) in [5.41, 5.74) is -0.781. The number of halogens is 2. The zero-order valence-corrected chi connectivity index (χ0v) is 11.4. The molecule has 0 heterocycles. The highest BCUT2D eigenvalue weighted by Gasteiger charge is 2.28. The Morgan fingerprint density at radius 3 is 2.55 bits per heavy atom. The van der Waals surface area contributed by atoms with Gasteiger partial charge in [-0.05, 0) is 30.7 Å². The minimum Gasteiger partial charge on any atom is -0.497 e. The van der Waals surface area contributed by atoms with Crippen LogP contribution in [-0.2, 0) is 12.0 Å². The Labute approximate surface area is 116 Å². The molecule has 0 aliphatic rings. The first-order valence-electron chi connectivity index (χ1n) is 6.24. The van der Waals surface area contributed by atoms with Gasteiger partial charge in [0.1, 0.15) is 5.75 Å². The van der Waals surface area contributed by atoms with Crippen LogP contribution in [0, 0.1) is 11.6 Å². The molecule has 0 spiro atoms. The van der Waals surface area contributed by atoms with Crippen LogP contribution in [0.25, 0.3) is 0 Å². The monoisotopic (exact) mass is 278 g/mol. The molecule has 0 amide bonds. The summed E-state index contributed by atoms with van der Waals surface area (Å²) in [6, 6.07) is 10.9. The zero-order chi connectivity index (χ0) is 14.8. The molecule has 0 fully saturated rings. The van der Waals surface area contributed by atoms with Crippen molar-refractivity contribution in [2.45, 2.75) is 18.9 Å². The van der Waals surface area contributed by atoms with Crippen molar-refractivity contribution in [3.63, 3.8) is 0 Å². The summed E-state index contributed by atoms with van der Waals surface area (Å²) in [5, 5.41) is 10.5. The van der Waals surface area contributed by atoms with E-state index in [9.17, 15) is 13.9 Å². The molecule has 0 saturated heterocycles. The summed E-state index contributed by atoms with van der Waals surface area (Å²) >= 11 is 0. The second-order valence-corrected chi connectivity index (χ2v) is 4.90. The smallest absolute Gasteiger partial charge is 0.164 e. The summed E-state index contributed by atoms with van der Waals surface area (Å²) < 4.78 is 32.1. The number of rotatable bonds is 4. The number of methoxy groups -OCH3 is 1. The first kappa shape index (κ1) is 14.5. The van der Waals surface area contributed by atoms with Gasteiger partial charge in [0, 0.05) is 12.0 Å². The predicted octanol–water partition coefficient (Wildman–Crippen LogP) is 3.42. The topological polar surface area (TPSA) is 29.5 Å². The van der Waals surface area contributed by atoms with Gasteiger partial charge in [-0.15, -0.1) is 0 Å². The van der Waals surface area contributed by atoms with E-state index in [0.29, 0.717) is 5.75 Å². The van der Waals surface area contributed by atoms with Crippen LogP contribution in [0.1, 0.15) is 18.1 Å². The maximum atomic E-state index is 13.8. The molecule has 1 unspecified atom stereocenters. The summed E-state index contributed by atoms with van der Waals surface area (Å²) in [7, 11) is 1.55. The van der Waals surface area contributed by atoms with Gasteiger partial charge in [-0.25, -0.2) is 8.78 Å². The van der Waals surface area contributed by atoms with Gasteiger partial charge in [-0.2, -0.15) is 0 Å². The maximum absolute atomic E-state index is 13.8. The van der Waals surface area contributed by atoms with Gasteiger partial charge in [0.15, 0.2) is 11.6 Å². The first-order valence-corrected chi connectivity index (χ1v) is 6.24. The van der Waals surface area contributed by atoms with Crippen molar-refractivity contribution in [2.75, 3.05) is 7.11 Å². The van der Waals surface area contributed by atoms with Crippen molar-refractivity contribution >= 4 is 0 Å². The molecule has 2 nitrogen and oxygen atoms in total. The second kappa shape index (κ2) is 5.59. The van der Waals surface area contributed by atoms with Crippen LogP contribution in [0.3, 0.4) is 0 Å². The van der Waals surface area contributed by atoms with Crippen molar-refractivity contribution in [2.24, 2.45) is 0 Å². The highest BCUT2D eigenvalue weighted by molar-refractivity contribution is 5.32. The van der Waals surface area contributed by atoms with E-state index in [1.165, 1.54) is 19.1 Å². The van der Waals surface area contributed by atoms with E-state index < -0.39 is 17.2 Å². The average molecular weight is 278 g/mol. The second-order valence-electron chi connectivity index (χ2n) is 4.90. The minimum absolute atomic E-state index is 0.0553. The van der Waals surface area contributed by atoms with Gasteiger partial charge < -0.3 is 9.84 Å². The largest absolute Gasteiger partial charge is 0.497 e. The maximum Gasteiger partial charge on any atom is 0.164 e. The van der Waals surface area contributed by atoms with Gasteiger partial charge in [-0.3, -0.25) is 0 Å². The van der Waals surface area contributed by atoms with E-state index >= 15 is 0 Å². The van der Waals surface area contributed by atoms with Gasteiger partial charge >= 0.3 is 0 Å². The fourth-order valence-electron chi connectivity index (χ4n) is 2.19. The van der Waals surface area contributed by atoms with Gasteiger partial charge in [-0.1, -0.05) is 24.3 Å². The lowest BCUT2D eigenvalue weighted by molar-refractivity contribution is 0.0530. The van der Waals surface area contributed by atoms with Crippen LogP contribution in [-0.4, -0.2) is 12.2 Å². The van der Waals surface area contributed by atoms with Crippen LogP contribution in [0.15, 0.2) is 42.5 Å². The molecule has 4 heteroatoms. The van der Waals surface area contributed by atoms with Crippen LogP contribution in [0.4, 0.5) is 8.78 Å². The van der Waals surface area contributed by atoms with Gasteiger partial charge in [0.25, 0.3) is 0 Å². The Kier molecular flexibility index (Phi) is 4.04. The average Bonchev–Trinajstić information content (AvgIpc) is 2.41. The van der Waals surface area contributed by atoms with Crippen molar-refractivity contribution in [3.8, 4) is 5.75 Å². The van der Waals surface area contributed by atoms with Crippen molar-refractivity contribution < 1.29 is 18.6 Å². The number of hydrogen-bond acceptors (Lipinski definition) is 2. The molecule has 2 rings (SSSR count). The van der Waals surface area contributed by atoms with Crippen LogP contribution < -0.4 is 4.74 Å². The molecule has 0 saturated carbocycles. The molecule has 0 aromatic heterocycles. The lowest BCUT2D eigenvalue weighted by atomic mass is 9.88. The number of ether oxygens (including phenoxy) is 1. The van der Waals surface area contributed by atoms with E-state index in [4.69, 9.17) is 4.74 Å². The van der Waals surface area contributed by atoms with Crippen LogP contribution in [0.5, 0.6) is 5.75 Å². The summed E-state index contributed by atoms with van der Waals surface area (Å²) in [5.74, 6) is -1.33. The minimum atomic E-state index is -1.50. The lowest BCUT2D eigenvalue weighted by Gasteiger charge is -2.24. The molecule has 2 aromatic carbocycles. The fraction of sp³-hybridized carbons (Fsp3) is 0.250. The quantitative estimate of drug-likeness (QED) is 0.928. The van der Waals surface area contributed by atoms with E-state index in [1.807, 2.05) is 0 Å². The van der Waals surface area contributed by atoms with Crippen LogP contribution in [0.2, 0.25) is 0 Å². The van der Waals surface area contributed by atoms with E-state index in [-0.39, 0.29) is 12.0 Å². The molecule has 0 bridgehead atoms.